The summed E-state index contributed by atoms with van der Waals surface area (Å²) in [5, 5.41) is 4.93. The fraction of sp³-hybridized carbons (Fsp3) is 0.400. The summed E-state index contributed by atoms with van der Waals surface area (Å²) in [6.45, 7) is 1.10. The van der Waals surface area contributed by atoms with Gasteiger partial charge >= 0.3 is 24.9 Å². The number of urea groups is 1. The van der Waals surface area contributed by atoms with Gasteiger partial charge in [0.2, 0.25) is 0 Å². The molecular weight excluding hydrogens is 259 g/mol. The topological polar surface area (TPSA) is 72.1 Å². The zero-order valence-corrected chi connectivity index (χ0v) is 12.2. The van der Waals surface area contributed by atoms with Crippen LogP contribution in [0.25, 0.3) is 10.9 Å². The van der Waals surface area contributed by atoms with Gasteiger partial charge in [0, 0.05) is 23.5 Å². The Bertz CT molecular complexity index is 702. The maximum Gasteiger partial charge on any atom is 1.00 e. The van der Waals surface area contributed by atoms with Crippen LogP contribution in [-0.2, 0) is 6.42 Å². The molecule has 0 bridgehead atoms. The molecule has 4 N–H and O–H groups in total. The van der Waals surface area contributed by atoms with Crippen molar-refractivity contribution in [1.29, 1.82) is 0 Å². The van der Waals surface area contributed by atoms with Gasteiger partial charge in [-0.15, -0.1) is 0 Å². The quantitative estimate of drug-likeness (QED) is 0.572. The number of nitrogens with zero attached hydrogens (tertiary/aromatic N) is 1. The number of carbonyl (C=O) groups is 1. The number of piperidine rings is 1. The molecule has 2 amide bonds. The first-order chi connectivity index (χ1) is 9.74. The predicted molar refractivity (Wildman–Crippen MR) is 79.5 cm³/mol. The van der Waals surface area contributed by atoms with Gasteiger partial charge in [0.25, 0.3) is 0 Å². The molecule has 5 nitrogen and oxygen atoms in total. The average Bonchev–Trinajstić information content (AvgIpc) is 2.78. The molecule has 2 aromatic rings. The van der Waals surface area contributed by atoms with Crippen LogP contribution < -0.4 is 35.3 Å². The Morgan fingerprint density at radius 2 is 2.33 bits per heavy atom. The van der Waals surface area contributed by atoms with Crippen molar-refractivity contribution in [3.63, 3.8) is 0 Å². The minimum absolute atomic E-state index is 0. The third kappa shape index (κ3) is 2.26. The number of carbonyl (C=O) groups excluding carboxylic acids is 1. The summed E-state index contributed by atoms with van der Waals surface area (Å²) in [5.74, 6) is 0.587. The summed E-state index contributed by atoms with van der Waals surface area (Å²) in [5.41, 5.74) is 11.7. The number of primary amides is 1. The third-order valence-corrected chi connectivity index (χ3v) is 4.59. The van der Waals surface area contributed by atoms with Crippen LogP contribution in [0.4, 0.5) is 4.79 Å². The molecule has 1 aliphatic carbocycles. The van der Waals surface area contributed by atoms with Crippen molar-refractivity contribution in [3.8, 4) is 0 Å². The van der Waals surface area contributed by atoms with E-state index in [2.05, 4.69) is 22.9 Å². The van der Waals surface area contributed by atoms with Crippen molar-refractivity contribution in [2.75, 3.05) is 12.0 Å². The summed E-state index contributed by atoms with van der Waals surface area (Å²) < 4.78 is 1.76. The zero-order chi connectivity index (χ0) is 13.7. The molecule has 1 aromatic heterocycles. The van der Waals surface area contributed by atoms with Gasteiger partial charge in [-0.2, -0.15) is 0 Å². The smallest absolute Gasteiger partial charge is 1.00 e. The van der Waals surface area contributed by atoms with Gasteiger partial charge in [0.15, 0.2) is 0 Å². The van der Waals surface area contributed by atoms with Gasteiger partial charge in [-0.05, 0) is 43.0 Å². The molecule has 0 saturated carbocycles. The molecule has 0 unspecified atom stereocenters. The van der Waals surface area contributed by atoms with E-state index in [1.165, 1.54) is 29.4 Å². The number of nitrogens with one attached hydrogen (secondary N) is 2. The van der Waals surface area contributed by atoms with Crippen LogP contribution in [0.1, 0.15) is 31.3 Å². The predicted octanol–water partition coefficient (Wildman–Crippen LogP) is -1.23. The normalized spacial score (nSPS) is 23.2. The van der Waals surface area contributed by atoms with Gasteiger partial charge in [-0.3, -0.25) is 4.68 Å². The second kappa shape index (κ2) is 5.41. The Morgan fingerprint density at radius 3 is 3.14 bits per heavy atom. The molecule has 21 heavy (non-hydrogen) atoms. The second-order valence-corrected chi connectivity index (χ2v) is 5.76. The molecule has 4 rings (SSSR count). The molecule has 0 spiro atoms. The molecular formula is C15H19LiN4O. The van der Waals surface area contributed by atoms with Crippen molar-refractivity contribution in [1.82, 2.24) is 9.99 Å². The number of rotatable bonds is 1. The minimum Gasteiger partial charge on any atom is -1.00 e. The first kappa shape index (κ1) is 14.5. The van der Waals surface area contributed by atoms with E-state index in [0.29, 0.717) is 12.0 Å². The van der Waals surface area contributed by atoms with E-state index >= 15 is 0 Å². The van der Waals surface area contributed by atoms with E-state index in [9.17, 15) is 4.79 Å². The standard InChI is InChI=1S/C15H18N4O.Li.H/c16-15(20)18-19-8-9-7-12-10(4-2-6-17-12)11-3-1-5-13(19)14(9)11;;/h1,3,5,8,10,12,17H,2,4,6-7H2,(H3,16,18,20);;/q;+1;-1/t10-,12-;;/m1../s1. The fourth-order valence-corrected chi connectivity index (χ4v) is 3.85. The maximum absolute atomic E-state index is 11.1. The van der Waals surface area contributed by atoms with Gasteiger partial charge in [0.1, 0.15) is 0 Å². The largest absolute Gasteiger partial charge is 1.00 e. The molecule has 0 radical (unpaired) electrons. The Morgan fingerprint density at radius 1 is 1.48 bits per heavy atom. The van der Waals surface area contributed by atoms with Gasteiger partial charge in [-0.1, -0.05) is 12.1 Å². The van der Waals surface area contributed by atoms with Crippen molar-refractivity contribution >= 4 is 16.9 Å². The van der Waals surface area contributed by atoms with Gasteiger partial charge in [-0.25, -0.2) is 10.2 Å². The Labute approximate surface area is 136 Å². The number of hydrogen-bond acceptors (Lipinski definition) is 2. The second-order valence-electron chi connectivity index (χ2n) is 5.76. The molecule has 6 heteroatoms. The molecule has 2 atom stereocenters. The van der Waals surface area contributed by atoms with E-state index in [0.717, 1.165) is 18.5 Å². The van der Waals surface area contributed by atoms with Crippen LogP contribution in [0.5, 0.6) is 0 Å². The van der Waals surface area contributed by atoms with E-state index in [4.69, 9.17) is 5.73 Å². The Hall–Kier alpha value is -1.41. The van der Waals surface area contributed by atoms with Crippen LogP contribution in [-0.4, -0.2) is 23.3 Å². The van der Waals surface area contributed by atoms with Crippen LogP contribution >= 0.6 is 0 Å². The minimum atomic E-state index is -0.534. The Balaban J connectivity index is 0.000000882. The van der Waals surface area contributed by atoms with Crippen molar-refractivity contribution in [2.24, 2.45) is 5.73 Å². The zero-order valence-electron chi connectivity index (χ0n) is 13.2. The van der Waals surface area contributed by atoms with E-state index in [-0.39, 0.29) is 20.3 Å². The summed E-state index contributed by atoms with van der Waals surface area (Å²) in [4.78, 5) is 11.1. The van der Waals surface area contributed by atoms with E-state index in [1.807, 2.05) is 12.3 Å². The van der Waals surface area contributed by atoms with Crippen LogP contribution in [0.2, 0.25) is 0 Å². The number of nitrogens with two attached hydrogens (primary N) is 1. The molecule has 1 aromatic carbocycles. The first-order valence-electron chi connectivity index (χ1n) is 7.17. The summed E-state index contributed by atoms with van der Waals surface area (Å²) in [6, 6.07) is 6.32. The van der Waals surface area contributed by atoms with Gasteiger partial charge in [0.05, 0.1) is 5.52 Å². The molecule has 2 aliphatic rings. The summed E-state index contributed by atoms with van der Waals surface area (Å²) in [6.07, 6.45) is 5.49. The number of hydrogen-bond donors (Lipinski definition) is 3. The number of aromatic nitrogens is 1. The first-order valence-corrected chi connectivity index (χ1v) is 7.17. The van der Waals surface area contributed by atoms with Crippen LogP contribution in [0.15, 0.2) is 24.4 Å². The molecule has 1 saturated heterocycles. The number of fused-ring (bicyclic) bond motifs is 2. The van der Waals surface area contributed by atoms with Crippen molar-refractivity contribution in [3.05, 3.63) is 35.5 Å². The molecule has 1 fully saturated rings. The number of amides is 2. The van der Waals surface area contributed by atoms with E-state index in [1.54, 1.807) is 4.68 Å². The van der Waals surface area contributed by atoms with E-state index < -0.39 is 6.03 Å². The van der Waals surface area contributed by atoms with Crippen LogP contribution in [0, 0.1) is 0 Å². The summed E-state index contributed by atoms with van der Waals surface area (Å²) in [7, 11) is 0. The van der Waals surface area contributed by atoms with Gasteiger partial charge < -0.3 is 12.5 Å². The fourth-order valence-electron chi connectivity index (χ4n) is 3.85. The Kier molecular flexibility index (Phi) is 3.74. The molecule has 106 valence electrons. The third-order valence-electron chi connectivity index (χ3n) is 4.59. The molecule has 2 heterocycles. The SMILES string of the molecule is NC(=O)Nn1cc2c3c(cccc31)[C@H]1CCCN[C@@H]1C2.[H-].[Li+]. The average molecular weight is 278 g/mol. The number of benzene rings is 1. The van der Waals surface area contributed by atoms with Crippen molar-refractivity contribution < 1.29 is 25.1 Å². The molecule has 1 aliphatic heterocycles. The van der Waals surface area contributed by atoms with Crippen molar-refractivity contribution in [2.45, 2.75) is 31.2 Å². The summed E-state index contributed by atoms with van der Waals surface area (Å²) >= 11 is 0. The van der Waals surface area contributed by atoms with Crippen LogP contribution in [0.3, 0.4) is 0 Å². The monoisotopic (exact) mass is 278 g/mol. The maximum atomic E-state index is 11.1.